The maximum Gasteiger partial charge on any atom is 0.318 e. The average molecular weight is 370 g/mol. The number of carbonyl (C=O) groups is 1. The highest BCUT2D eigenvalue weighted by atomic mass is 16.3. The first-order valence-corrected chi connectivity index (χ1v) is 9.32. The first kappa shape index (κ1) is 20.7. The summed E-state index contributed by atoms with van der Waals surface area (Å²) < 4.78 is 1.83. The summed E-state index contributed by atoms with van der Waals surface area (Å²) in [5.74, 6) is 0. The number of aryl methyl sites for hydroxylation is 2. The first-order chi connectivity index (χ1) is 12.9. The third kappa shape index (κ3) is 5.69. The number of amides is 2. The minimum atomic E-state index is -0.142. The Morgan fingerprint density at radius 1 is 1.33 bits per heavy atom. The molecule has 2 amide bonds. The van der Waals surface area contributed by atoms with Gasteiger partial charge in [-0.2, -0.15) is 5.10 Å². The maximum atomic E-state index is 12.8. The van der Waals surface area contributed by atoms with E-state index in [9.17, 15) is 4.79 Å². The Balaban J connectivity index is 2.03. The summed E-state index contributed by atoms with van der Waals surface area (Å²) in [5.41, 5.74) is 4.11. The summed E-state index contributed by atoms with van der Waals surface area (Å²) >= 11 is 0. The Hall–Kier alpha value is -2.60. The molecule has 1 aromatic heterocycles. The van der Waals surface area contributed by atoms with Gasteiger partial charge in [0.15, 0.2) is 0 Å². The standard InChI is InChI=1S/C21H30N4O2/c1-16(20-17(2)23-24(4)18(20)3)22-21(27)25(14-9-15-26)13-8-12-19-10-6-5-7-11-19/h5-8,10-12,16,26H,9,13-15H2,1-4H3,(H,22,27)/b12-8+/t16-/m1/s1. The van der Waals surface area contributed by atoms with Crippen LogP contribution in [-0.2, 0) is 7.05 Å². The number of aliphatic hydroxyl groups excluding tert-OH is 1. The lowest BCUT2D eigenvalue weighted by molar-refractivity contribution is 0.192. The van der Waals surface area contributed by atoms with Gasteiger partial charge in [0.2, 0.25) is 0 Å². The van der Waals surface area contributed by atoms with Gasteiger partial charge in [-0.1, -0.05) is 42.5 Å². The minimum Gasteiger partial charge on any atom is -0.396 e. The van der Waals surface area contributed by atoms with Gasteiger partial charge in [-0.25, -0.2) is 4.79 Å². The van der Waals surface area contributed by atoms with Gasteiger partial charge >= 0.3 is 6.03 Å². The molecule has 1 heterocycles. The lowest BCUT2D eigenvalue weighted by atomic mass is 10.1. The van der Waals surface area contributed by atoms with Crippen molar-refractivity contribution in [3.8, 4) is 0 Å². The number of hydrogen-bond donors (Lipinski definition) is 2. The maximum absolute atomic E-state index is 12.8. The van der Waals surface area contributed by atoms with E-state index in [-0.39, 0.29) is 18.7 Å². The summed E-state index contributed by atoms with van der Waals surface area (Å²) in [7, 11) is 1.91. The Bertz CT molecular complexity index is 768. The van der Waals surface area contributed by atoms with Gasteiger partial charge in [0.05, 0.1) is 11.7 Å². The van der Waals surface area contributed by atoms with E-state index in [1.165, 1.54) is 0 Å². The Kier molecular flexibility index (Phi) is 7.61. The molecule has 2 aromatic rings. The van der Waals surface area contributed by atoms with E-state index < -0.39 is 0 Å². The summed E-state index contributed by atoms with van der Waals surface area (Å²) in [4.78, 5) is 14.5. The van der Waals surface area contributed by atoms with E-state index >= 15 is 0 Å². The van der Waals surface area contributed by atoms with Crippen LogP contribution >= 0.6 is 0 Å². The zero-order valence-corrected chi connectivity index (χ0v) is 16.6. The molecule has 0 unspecified atom stereocenters. The molecule has 0 aliphatic rings. The number of rotatable bonds is 8. The minimum absolute atomic E-state index is 0.0581. The quantitative estimate of drug-likeness (QED) is 0.750. The fourth-order valence-corrected chi connectivity index (χ4v) is 3.18. The van der Waals surface area contributed by atoms with Crippen LogP contribution in [-0.4, -0.2) is 45.5 Å². The van der Waals surface area contributed by atoms with Crippen LogP contribution in [0.1, 0.15) is 41.9 Å². The van der Waals surface area contributed by atoms with Crippen LogP contribution in [0, 0.1) is 13.8 Å². The largest absolute Gasteiger partial charge is 0.396 e. The number of aromatic nitrogens is 2. The van der Waals surface area contributed by atoms with E-state index in [0.717, 1.165) is 22.5 Å². The topological polar surface area (TPSA) is 70.4 Å². The van der Waals surface area contributed by atoms with E-state index in [2.05, 4.69) is 10.4 Å². The molecule has 146 valence electrons. The van der Waals surface area contributed by atoms with Crippen LogP contribution in [0.15, 0.2) is 36.4 Å². The van der Waals surface area contributed by atoms with Crippen molar-refractivity contribution in [1.82, 2.24) is 20.0 Å². The zero-order chi connectivity index (χ0) is 19.8. The van der Waals surface area contributed by atoms with Crippen molar-refractivity contribution >= 4 is 12.1 Å². The van der Waals surface area contributed by atoms with Crippen molar-refractivity contribution in [2.75, 3.05) is 19.7 Å². The summed E-state index contributed by atoms with van der Waals surface area (Å²) in [5, 5.41) is 16.6. The van der Waals surface area contributed by atoms with E-state index in [1.54, 1.807) is 4.90 Å². The third-order valence-corrected chi connectivity index (χ3v) is 4.65. The molecule has 0 fully saturated rings. The van der Waals surface area contributed by atoms with Crippen LogP contribution < -0.4 is 5.32 Å². The third-order valence-electron chi connectivity index (χ3n) is 4.65. The predicted molar refractivity (Wildman–Crippen MR) is 108 cm³/mol. The monoisotopic (exact) mass is 370 g/mol. The van der Waals surface area contributed by atoms with Gasteiger partial charge in [0, 0.05) is 38.0 Å². The molecule has 0 aliphatic heterocycles. The van der Waals surface area contributed by atoms with Gasteiger partial charge in [0.1, 0.15) is 0 Å². The van der Waals surface area contributed by atoms with Crippen molar-refractivity contribution in [3.05, 3.63) is 58.9 Å². The molecule has 2 rings (SSSR count). The van der Waals surface area contributed by atoms with E-state index in [1.807, 2.05) is 75.0 Å². The van der Waals surface area contributed by atoms with Gasteiger partial charge in [-0.15, -0.1) is 0 Å². The fraction of sp³-hybridized carbons (Fsp3) is 0.429. The first-order valence-electron chi connectivity index (χ1n) is 9.32. The molecular weight excluding hydrogens is 340 g/mol. The van der Waals surface area contributed by atoms with Crippen LogP contribution in [0.5, 0.6) is 0 Å². The number of nitrogens with zero attached hydrogens (tertiary/aromatic N) is 3. The number of urea groups is 1. The molecule has 0 saturated heterocycles. The van der Waals surface area contributed by atoms with Crippen molar-refractivity contribution in [2.24, 2.45) is 7.05 Å². The number of hydrogen-bond acceptors (Lipinski definition) is 3. The molecule has 2 N–H and O–H groups in total. The molecule has 0 spiro atoms. The molecule has 0 bridgehead atoms. The second kappa shape index (κ2) is 9.92. The summed E-state index contributed by atoms with van der Waals surface area (Å²) in [6.45, 7) is 6.97. The van der Waals surface area contributed by atoms with Crippen molar-refractivity contribution in [1.29, 1.82) is 0 Å². The molecular formula is C21H30N4O2. The molecule has 6 heteroatoms. The fourth-order valence-electron chi connectivity index (χ4n) is 3.18. The molecule has 6 nitrogen and oxygen atoms in total. The number of benzene rings is 1. The summed E-state index contributed by atoms with van der Waals surface area (Å²) in [6.07, 6.45) is 4.52. The van der Waals surface area contributed by atoms with Crippen molar-refractivity contribution < 1.29 is 9.90 Å². The average Bonchev–Trinajstić information content (AvgIpc) is 2.90. The van der Waals surface area contributed by atoms with Crippen LogP contribution in [0.2, 0.25) is 0 Å². The highest BCUT2D eigenvalue weighted by molar-refractivity contribution is 5.75. The Morgan fingerprint density at radius 3 is 2.63 bits per heavy atom. The van der Waals surface area contributed by atoms with Crippen molar-refractivity contribution in [2.45, 2.75) is 33.2 Å². The Morgan fingerprint density at radius 2 is 2.04 bits per heavy atom. The van der Waals surface area contributed by atoms with E-state index in [4.69, 9.17) is 5.11 Å². The molecule has 0 radical (unpaired) electrons. The van der Waals surface area contributed by atoms with Crippen LogP contribution in [0.3, 0.4) is 0 Å². The smallest absolute Gasteiger partial charge is 0.318 e. The highest BCUT2D eigenvalue weighted by Crippen LogP contribution is 2.20. The predicted octanol–water partition coefficient (Wildman–Crippen LogP) is 3.21. The number of carbonyl (C=O) groups excluding carboxylic acids is 1. The zero-order valence-electron chi connectivity index (χ0n) is 16.6. The molecule has 27 heavy (non-hydrogen) atoms. The lowest BCUT2D eigenvalue weighted by Gasteiger charge is -2.24. The van der Waals surface area contributed by atoms with Gasteiger partial charge in [-0.05, 0) is 32.8 Å². The van der Waals surface area contributed by atoms with Crippen LogP contribution in [0.25, 0.3) is 6.08 Å². The van der Waals surface area contributed by atoms with Gasteiger partial charge in [0.25, 0.3) is 0 Å². The van der Waals surface area contributed by atoms with Gasteiger partial charge in [-0.3, -0.25) is 4.68 Å². The molecule has 0 aliphatic carbocycles. The van der Waals surface area contributed by atoms with Crippen LogP contribution in [0.4, 0.5) is 4.79 Å². The molecule has 0 saturated carbocycles. The molecule has 1 aromatic carbocycles. The molecule has 1 atom stereocenters. The normalized spacial score (nSPS) is 12.3. The highest BCUT2D eigenvalue weighted by Gasteiger charge is 2.20. The lowest BCUT2D eigenvalue weighted by Crippen LogP contribution is -2.42. The SMILES string of the molecule is Cc1nn(C)c(C)c1[C@@H](C)NC(=O)N(C/C=C/c1ccccc1)CCCO. The number of aliphatic hydroxyl groups is 1. The summed E-state index contributed by atoms with van der Waals surface area (Å²) in [6, 6.07) is 9.70. The Labute approximate surface area is 161 Å². The van der Waals surface area contributed by atoms with Gasteiger partial charge < -0.3 is 15.3 Å². The van der Waals surface area contributed by atoms with Crippen molar-refractivity contribution in [3.63, 3.8) is 0 Å². The second-order valence-corrected chi connectivity index (χ2v) is 6.72. The van der Waals surface area contributed by atoms with E-state index in [0.29, 0.717) is 19.5 Å². The second-order valence-electron chi connectivity index (χ2n) is 6.72. The number of nitrogens with one attached hydrogen (secondary N) is 1.